The summed E-state index contributed by atoms with van der Waals surface area (Å²) in [6, 6.07) is 57.3. The highest BCUT2D eigenvalue weighted by Gasteiger charge is 2.38. The van der Waals surface area contributed by atoms with Crippen molar-refractivity contribution in [3.63, 3.8) is 0 Å². The van der Waals surface area contributed by atoms with Crippen molar-refractivity contribution >= 4 is 38.6 Å². The summed E-state index contributed by atoms with van der Waals surface area (Å²) in [5, 5.41) is 5.12. The van der Waals surface area contributed by atoms with Crippen LogP contribution >= 0.6 is 0 Å². The Morgan fingerprint density at radius 1 is 0.471 bits per heavy atom. The Morgan fingerprint density at radius 2 is 1.18 bits per heavy atom. The van der Waals surface area contributed by atoms with Crippen LogP contribution < -0.4 is 4.90 Å². The Hall–Kier alpha value is -5.92. The van der Waals surface area contributed by atoms with Crippen molar-refractivity contribution in [1.29, 1.82) is 0 Å². The van der Waals surface area contributed by atoms with Gasteiger partial charge in [0, 0.05) is 22.2 Å². The van der Waals surface area contributed by atoms with E-state index in [1.54, 1.807) is 0 Å². The molecule has 0 saturated heterocycles. The number of rotatable bonds is 4. The predicted octanol–water partition coefficient (Wildman–Crippen LogP) is 13.6. The topological polar surface area (TPSA) is 3.24 Å². The molecule has 0 aliphatic heterocycles. The number of hydrogen-bond donors (Lipinski definition) is 0. The summed E-state index contributed by atoms with van der Waals surface area (Å²) in [4.78, 5) is 2.55. The van der Waals surface area contributed by atoms with E-state index in [1.165, 1.54) is 118 Å². The van der Waals surface area contributed by atoms with Gasteiger partial charge in [-0.2, -0.15) is 0 Å². The SMILES string of the molecule is CC1(C)c2ccccc2-c2c(-c3cccc4c3CCC4)cc(N(c3ccc4ccccc4c3)c3ccc4c5c(cccc35)-c3ccccc3-4)cc21. The quantitative estimate of drug-likeness (QED) is 0.183. The van der Waals surface area contributed by atoms with Crippen LogP contribution in [0.25, 0.3) is 66.1 Å². The summed E-state index contributed by atoms with van der Waals surface area (Å²) in [6.07, 6.45) is 3.53. The van der Waals surface area contributed by atoms with Crippen LogP contribution in [0.5, 0.6) is 0 Å². The minimum atomic E-state index is -0.145. The molecular formula is C50H37N. The molecule has 0 amide bonds. The summed E-state index contributed by atoms with van der Waals surface area (Å²) >= 11 is 0. The van der Waals surface area contributed by atoms with Crippen molar-refractivity contribution < 1.29 is 0 Å². The first-order chi connectivity index (χ1) is 25.1. The van der Waals surface area contributed by atoms with E-state index in [-0.39, 0.29) is 5.41 Å². The molecule has 11 rings (SSSR count). The van der Waals surface area contributed by atoms with Crippen LogP contribution in [0, 0.1) is 0 Å². The van der Waals surface area contributed by atoms with Crippen LogP contribution in [-0.4, -0.2) is 0 Å². The van der Waals surface area contributed by atoms with Gasteiger partial charge < -0.3 is 4.90 Å². The van der Waals surface area contributed by atoms with Crippen molar-refractivity contribution in [3.05, 3.63) is 174 Å². The Morgan fingerprint density at radius 3 is 2.04 bits per heavy atom. The third kappa shape index (κ3) is 4.04. The third-order valence-electron chi connectivity index (χ3n) is 12.1. The lowest BCUT2D eigenvalue weighted by molar-refractivity contribution is 0.660. The van der Waals surface area contributed by atoms with E-state index in [2.05, 4.69) is 170 Å². The second kappa shape index (κ2) is 10.5. The monoisotopic (exact) mass is 651 g/mol. The number of hydrogen-bond acceptors (Lipinski definition) is 1. The zero-order valence-corrected chi connectivity index (χ0v) is 29.0. The lowest BCUT2D eigenvalue weighted by Gasteiger charge is -2.30. The van der Waals surface area contributed by atoms with Gasteiger partial charge in [-0.25, -0.2) is 0 Å². The van der Waals surface area contributed by atoms with E-state index in [0.29, 0.717) is 0 Å². The molecule has 8 aromatic rings. The first kappa shape index (κ1) is 28.9. The van der Waals surface area contributed by atoms with Gasteiger partial charge in [-0.3, -0.25) is 0 Å². The fourth-order valence-corrected chi connectivity index (χ4v) is 9.75. The minimum Gasteiger partial charge on any atom is -0.310 e. The van der Waals surface area contributed by atoms with Crippen LogP contribution in [0.2, 0.25) is 0 Å². The van der Waals surface area contributed by atoms with E-state index in [9.17, 15) is 0 Å². The van der Waals surface area contributed by atoms with E-state index in [0.717, 1.165) is 6.42 Å². The van der Waals surface area contributed by atoms with Gasteiger partial charge in [0.25, 0.3) is 0 Å². The number of fused-ring (bicyclic) bond motifs is 8. The number of benzene rings is 8. The maximum Gasteiger partial charge on any atom is 0.0540 e. The molecule has 0 bridgehead atoms. The molecule has 3 aliphatic carbocycles. The molecule has 0 N–H and O–H groups in total. The maximum atomic E-state index is 2.55. The average molecular weight is 652 g/mol. The van der Waals surface area contributed by atoms with Crippen molar-refractivity contribution in [1.82, 2.24) is 0 Å². The first-order valence-electron chi connectivity index (χ1n) is 18.4. The molecule has 51 heavy (non-hydrogen) atoms. The molecular weight excluding hydrogens is 615 g/mol. The summed E-state index contributed by atoms with van der Waals surface area (Å²) in [7, 11) is 0. The zero-order valence-electron chi connectivity index (χ0n) is 29.0. The Bertz CT molecular complexity index is 2730. The second-order valence-corrected chi connectivity index (χ2v) is 15.2. The normalized spacial score (nSPS) is 14.4. The van der Waals surface area contributed by atoms with E-state index < -0.39 is 0 Å². The van der Waals surface area contributed by atoms with E-state index in [4.69, 9.17) is 0 Å². The van der Waals surface area contributed by atoms with Crippen molar-refractivity contribution in [3.8, 4) is 44.5 Å². The molecule has 0 aromatic heterocycles. The Kier molecular flexibility index (Phi) is 5.97. The van der Waals surface area contributed by atoms with Crippen LogP contribution in [-0.2, 0) is 18.3 Å². The third-order valence-corrected chi connectivity index (χ3v) is 12.1. The molecule has 0 radical (unpaired) electrons. The number of nitrogens with zero attached hydrogens (tertiary/aromatic N) is 1. The van der Waals surface area contributed by atoms with Crippen molar-refractivity contribution in [2.75, 3.05) is 4.90 Å². The molecule has 242 valence electrons. The first-order valence-corrected chi connectivity index (χ1v) is 18.4. The van der Waals surface area contributed by atoms with Crippen LogP contribution in [0.15, 0.2) is 152 Å². The van der Waals surface area contributed by atoms with Gasteiger partial charge >= 0.3 is 0 Å². The minimum absolute atomic E-state index is 0.145. The van der Waals surface area contributed by atoms with Gasteiger partial charge in [0.1, 0.15) is 0 Å². The molecule has 1 heteroatoms. The molecule has 0 fully saturated rings. The highest BCUT2D eigenvalue weighted by molar-refractivity contribution is 6.19. The fraction of sp³-hybridized carbons (Fsp3) is 0.120. The summed E-state index contributed by atoms with van der Waals surface area (Å²) < 4.78 is 0. The molecule has 0 saturated carbocycles. The molecule has 1 nitrogen and oxygen atoms in total. The Balaban J connectivity index is 1.24. The smallest absolute Gasteiger partial charge is 0.0540 e. The average Bonchev–Trinajstić information content (AvgIpc) is 3.85. The summed E-state index contributed by atoms with van der Waals surface area (Å²) in [5.74, 6) is 0. The molecule has 3 aliphatic rings. The van der Waals surface area contributed by atoms with Crippen LogP contribution in [0.3, 0.4) is 0 Å². The van der Waals surface area contributed by atoms with Gasteiger partial charge in [0.2, 0.25) is 0 Å². The Labute approximate surface area is 299 Å². The molecule has 0 atom stereocenters. The van der Waals surface area contributed by atoms with Gasteiger partial charge in [0.05, 0.1) is 5.69 Å². The molecule has 0 heterocycles. The van der Waals surface area contributed by atoms with E-state index >= 15 is 0 Å². The van der Waals surface area contributed by atoms with Crippen molar-refractivity contribution in [2.24, 2.45) is 0 Å². The highest BCUT2D eigenvalue weighted by Crippen LogP contribution is 2.56. The van der Waals surface area contributed by atoms with Gasteiger partial charge in [-0.1, -0.05) is 135 Å². The maximum absolute atomic E-state index is 2.55. The predicted molar refractivity (Wildman–Crippen MR) is 216 cm³/mol. The van der Waals surface area contributed by atoms with E-state index in [1.807, 2.05) is 0 Å². The van der Waals surface area contributed by atoms with Gasteiger partial charge in [-0.15, -0.1) is 0 Å². The lowest BCUT2D eigenvalue weighted by Crippen LogP contribution is -2.17. The van der Waals surface area contributed by atoms with Gasteiger partial charge in [0.15, 0.2) is 0 Å². The molecule has 0 spiro atoms. The lowest BCUT2D eigenvalue weighted by atomic mass is 9.81. The largest absolute Gasteiger partial charge is 0.310 e. The summed E-state index contributed by atoms with van der Waals surface area (Å²) in [5.41, 5.74) is 20.1. The standard InChI is InChI=1S/C50H37N/c1-50(2)45-23-8-7-18-42(45)49-44(37-20-10-15-32-14-9-19-36(32)37)29-35(30-46(49)50)51(34-25-24-31-12-3-4-13-33(31)28-34)47-27-26-41-39-17-6-5-16-38(39)40-21-11-22-43(47)48(40)41/h3-8,10-13,15-18,20-30H,9,14,19H2,1-2H3. The summed E-state index contributed by atoms with van der Waals surface area (Å²) in [6.45, 7) is 4.83. The number of aryl methyl sites for hydroxylation is 1. The molecule has 0 unspecified atom stereocenters. The van der Waals surface area contributed by atoms with Crippen LogP contribution in [0.1, 0.15) is 42.5 Å². The fourth-order valence-electron chi connectivity index (χ4n) is 9.75. The van der Waals surface area contributed by atoms with Crippen LogP contribution in [0.4, 0.5) is 17.1 Å². The number of anilines is 3. The highest BCUT2D eigenvalue weighted by atomic mass is 15.1. The molecule has 8 aromatic carbocycles. The van der Waals surface area contributed by atoms with Gasteiger partial charge in [-0.05, 0) is 133 Å². The second-order valence-electron chi connectivity index (χ2n) is 15.2. The van der Waals surface area contributed by atoms with Crippen molar-refractivity contribution in [2.45, 2.75) is 38.5 Å². The zero-order chi connectivity index (χ0) is 33.8.